The monoisotopic (exact) mass is 496 g/mol. The molecule has 184 valence electrons. The number of likely N-dealkylation sites (tertiary alicyclic amines) is 1. The van der Waals surface area contributed by atoms with Gasteiger partial charge in [-0.1, -0.05) is 41.7 Å². The molecule has 2 amide bonds. The van der Waals surface area contributed by atoms with Crippen LogP contribution in [0.1, 0.15) is 45.5 Å². The molecule has 1 saturated heterocycles. The number of nitrogens with one attached hydrogen (secondary N) is 1. The number of hydrogen-bond donors (Lipinski definition) is 2. The number of thiazole rings is 1. The number of hydrogen-bond acceptors (Lipinski definition) is 8. The summed E-state index contributed by atoms with van der Waals surface area (Å²) in [6.07, 6.45) is 1.16. The van der Waals surface area contributed by atoms with Gasteiger partial charge in [0.1, 0.15) is 28.1 Å². The number of nitrogen functional groups attached to an aromatic ring is 1. The van der Waals surface area contributed by atoms with E-state index < -0.39 is 6.09 Å². The summed E-state index contributed by atoms with van der Waals surface area (Å²) in [6, 6.07) is 14.6. The van der Waals surface area contributed by atoms with Crippen molar-refractivity contribution in [2.75, 3.05) is 26.5 Å². The van der Waals surface area contributed by atoms with Gasteiger partial charge in [-0.05, 0) is 30.5 Å². The molecular formula is C25H28N4O5S. The average Bonchev–Trinajstić information content (AvgIpc) is 3.53. The normalized spacial score (nSPS) is 15.0. The number of aromatic nitrogens is 1. The van der Waals surface area contributed by atoms with E-state index in [0.717, 1.165) is 24.0 Å². The van der Waals surface area contributed by atoms with Gasteiger partial charge in [0.15, 0.2) is 5.69 Å². The first-order valence-electron chi connectivity index (χ1n) is 11.2. The van der Waals surface area contributed by atoms with Crippen LogP contribution in [0.4, 0.5) is 9.80 Å². The van der Waals surface area contributed by atoms with Crippen molar-refractivity contribution in [2.45, 2.75) is 32.0 Å². The molecule has 2 heterocycles. The van der Waals surface area contributed by atoms with Gasteiger partial charge in [-0.2, -0.15) is 0 Å². The van der Waals surface area contributed by atoms with E-state index in [0.29, 0.717) is 28.1 Å². The summed E-state index contributed by atoms with van der Waals surface area (Å²) in [5.74, 6) is 0.875. The Morgan fingerprint density at radius 1 is 1.17 bits per heavy atom. The van der Waals surface area contributed by atoms with Gasteiger partial charge in [-0.25, -0.2) is 9.78 Å². The molecule has 0 radical (unpaired) electrons. The lowest BCUT2D eigenvalue weighted by molar-refractivity contribution is 0.0920. The molecule has 3 aromatic rings. The highest BCUT2D eigenvalue weighted by molar-refractivity contribution is 7.16. The van der Waals surface area contributed by atoms with Crippen LogP contribution >= 0.6 is 11.3 Å². The van der Waals surface area contributed by atoms with E-state index in [4.69, 9.17) is 19.9 Å². The predicted octanol–water partition coefficient (Wildman–Crippen LogP) is 4.15. The Hall–Kier alpha value is -3.79. The maximum Gasteiger partial charge on any atom is 0.410 e. The van der Waals surface area contributed by atoms with E-state index in [1.807, 2.05) is 36.4 Å². The quantitative estimate of drug-likeness (QED) is 0.481. The van der Waals surface area contributed by atoms with E-state index in [9.17, 15) is 9.59 Å². The third kappa shape index (κ3) is 5.65. The van der Waals surface area contributed by atoms with E-state index in [-0.39, 0.29) is 30.8 Å². The largest absolute Gasteiger partial charge is 0.497 e. The summed E-state index contributed by atoms with van der Waals surface area (Å²) < 4.78 is 16.1. The Morgan fingerprint density at radius 2 is 1.97 bits per heavy atom. The smallest absolute Gasteiger partial charge is 0.410 e. The van der Waals surface area contributed by atoms with Crippen molar-refractivity contribution in [1.29, 1.82) is 0 Å². The van der Waals surface area contributed by atoms with Crippen LogP contribution in [0.2, 0.25) is 0 Å². The van der Waals surface area contributed by atoms with Crippen molar-refractivity contribution in [2.24, 2.45) is 0 Å². The molecule has 1 aliphatic rings. The van der Waals surface area contributed by atoms with Crippen LogP contribution in [0, 0.1) is 0 Å². The van der Waals surface area contributed by atoms with Crippen LogP contribution in [0.5, 0.6) is 11.5 Å². The number of carbonyl (C=O) groups is 2. The van der Waals surface area contributed by atoms with Crippen molar-refractivity contribution < 1.29 is 23.8 Å². The zero-order chi connectivity index (χ0) is 24.8. The maximum atomic E-state index is 12.8. The van der Waals surface area contributed by atoms with Gasteiger partial charge in [-0.3, -0.25) is 9.69 Å². The molecule has 0 aliphatic carbocycles. The second kappa shape index (κ2) is 11.1. The molecule has 1 atom stereocenters. The summed E-state index contributed by atoms with van der Waals surface area (Å²) >= 11 is 1.23. The van der Waals surface area contributed by atoms with Gasteiger partial charge in [0, 0.05) is 24.7 Å². The van der Waals surface area contributed by atoms with Gasteiger partial charge in [-0.15, -0.1) is 0 Å². The van der Waals surface area contributed by atoms with Gasteiger partial charge in [0.25, 0.3) is 5.91 Å². The molecule has 1 fully saturated rings. The number of ether oxygens (including phenoxy) is 3. The fourth-order valence-corrected chi connectivity index (χ4v) is 4.93. The zero-order valence-corrected chi connectivity index (χ0v) is 20.5. The Kier molecular flexibility index (Phi) is 7.71. The fourth-order valence-electron chi connectivity index (χ4n) is 3.96. The standard InChI is InChI=1S/C25H28N4O5S/c1-32-18-11-10-17(20(13-18)33-2)14-27-23(30)21-22(26)35-24(28-21)19-9-6-12-29(19)25(31)34-15-16-7-4-3-5-8-16/h3-5,7-8,10-11,13,19H,6,9,12,14-15,26H2,1-2H3,(H,27,30)/t19-/m1/s1. The first-order valence-corrected chi connectivity index (χ1v) is 12.0. The predicted molar refractivity (Wildman–Crippen MR) is 133 cm³/mol. The number of amides is 2. The molecule has 1 aromatic heterocycles. The van der Waals surface area contributed by atoms with Gasteiger partial charge in [0.2, 0.25) is 0 Å². The highest BCUT2D eigenvalue weighted by Crippen LogP contribution is 2.37. The highest BCUT2D eigenvalue weighted by atomic mass is 32.1. The summed E-state index contributed by atoms with van der Waals surface area (Å²) in [4.78, 5) is 31.8. The minimum absolute atomic E-state index is 0.155. The molecule has 3 N–H and O–H groups in total. The summed E-state index contributed by atoms with van der Waals surface area (Å²) in [5.41, 5.74) is 8.01. The zero-order valence-electron chi connectivity index (χ0n) is 19.7. The highest BCUT2D eigenvalue weighted by Gasteiger charge is 2.34. The Bertz CT molecular complexity index is 1180. The van der Waals surface area contributed by atoms with Gasteiger partial charge >= 0.3 is 6.09 Å². The molecule has 2 aromatic carbocycles. The molecule has 9 nitrogen and oxygen atoms in total. The van der Waals surface area contributed by atoms with Crippen LogP contribution < -0.4 is 20.5 Å². The van der Waals surface area contributed by atoms with Crippen LogP contribution in [0.25, 0.3) is 0 Å². The van der Waals surface area contributed by atoms with Crippen molar-refractivity contribution >= 4 is 28.3 Å². The van der Waals surface area contributed by atoms with E-state index in [1.165, 1.54) is 11.3 Å². The van der Waals surface area contributed by atoms with E-state index in [2.05, 4.69) is 10.3 Å². The van der Waals surface area contributed by atoms with Crippen LogP contribution in [-0.2, 0) is 17.9 Å². The molecule has 0 bridgehead atoms. The number of anilines is 1. The van der Waals surface area contributed by atoms with Crippen molar-refractivity contribution in [3.05, 3.63) is 70.4 Å². The molecule has 10 heteroatoms. The number of benzene rings is 2. The van der Waals surface area contributed by atoms with Crippen molar-refractivity contribution in [3.63, 3.8) is 0 Å². The minimum atomic E-state index is -0.400. The Morgan fingerprint density at radius 3 is 2.71 bits per heavy atom. The first kappa shape index (κ1) is 24.3. The second-order valence-electron chi connectivity index (χ2n) is 8.02. The number of methoxy groups -OCH3 is 2. The minimum Gasteiger partial charge on any atom is -0.497 e. The third-order valence-corrected chi connectivity index (χ3v) is 6.78. The number of carbonyl (C=O) groups excluding carboxylic acids is 2. The second-order valence-corrected chi connectivity index (χ2v) is 9.08. The topological polar surface area (TPSA) is 116 Å². The van der Waals surface area contributed by atoms with Crippen molar-refractivity contribution in [1.82, 2.24) is 15.2 Å². The lowest BCUT2D eigenvalue weighted by atomic mass is 10.2. The molecular weight excluding hydrogens is 468 g/mol. The van der Waals surface area contributed by atoms with Crippen LogP contribution in [0.3, 0.4) is 0 Å². The summed E-state index contributed by atoms with van der Waals surface area (Å²) in [7, 11) is 3.14. The molecule has 0 spiro atoms. The first-order chi connectivity index (χ1) is 17.0. The average molecular weight is 497 g/mol. The number of nitrogens with two attached hydrogens (primary N) is 1. The summed E-state index contributed by atoms with van der Waals surface area (Å²) in [5, 5.41) is 3.78. The molecule has 35 heavy (non-hydrogen) atoms. The van der Waals surface area contributed by atoms with E-state index >= 15 is 0 Å². The summed E-state index contributed by atoms with van der Waals surface area (Å²) in [6.45, 7) is 1.00. The number of rotatable bonds is 8. The Balaban J connectivity index is 1.40. The van der Waals surface area contributed by atoms with Gasteiger partial charge in [0.05, 0.1) is 20.3 Å². The van der Waals surface area contributed by atoms with E-state index in [1.54, 1.807) is 31.3 Å². The molecule has 4 rings (SSSR count). The van der Waals surface area contributed by atoms with Crippen molar-refractivity contribution in [3.8, 4) is 11.5 Å². The maximum absolute atomic E-state index is 12.8. The number of nitrogens with zero attached hydrogens (tertiary/aromatic N) is 2. The fraction of sp³-hybridized carbons (Fsp3) is 0.320. The molecule has 1 aliphatic heterocycles. The lowest BCUT2D eigenvalue weighted by Gasteiger charge is -2.22. The SMILES string of the molecule is COc1ccc(CNC(=O)c2nc([C@H]3CCCN3C(=O)OCc3ccccc3)sc2N)c(OC)c1. The molecule has 0 saturated carbocycles. The van der Waals surface area contributed by atoms with Gasteiger partial charge < -0.3 is 25.3 Å². The van der Waals surface area contributed by atoms with Crippen LogP contribution in [0.15, 0.2) is 48.5 Å². The Labute approximate surface area is 207 Å². The molecule has 0 unspecified atom stereocenters. The lowest BCUT2D eigenvalue weighted by Crippen LogP contribution is -2.31. The third-order valence-electron chi connectivity index (χ3n) is 5.80. The van der Waals surface area contributed by atoms with Crippen LogP contribution in [-0.4, -0.2) is 42.6 Å².